The van der Waals surface area contributed by atoms with E-state index in [-0.39, 0.29) is 17.7 Å². The smallest absolute Gasteiger partial charge is 0.275 e. The molecule has 2 heterocycles. The minimum atomic E-state index is -0.388. The average molecular weight is 444 g/mol. The largest absolute Gasteiger partial charge is 0.508 e. The number of nitrogens with one attached hydrogen (secondary N) is 1. The van der Waals surface area contributed by atoms with Crippen molar-refractivity contribution in [2.75, 3.05) is 18.0 Å². The van der Waals surface area contributed by atoms with Crippen LogP contribution in [0.3, 0.4) is 0 Å². The molecule has 3 aromatic carbocycles. The zero-order valence-corrected chi connectivity index (χ0v) is 18.3. The van der Waals surface area contributed by atoms with Crippen molar-refractivity contribution in [2.24, 2.45) is 4.99 Å². The molecular weight excluding hydrogens is 422 g/mol. The molecule has 32 heavy (non-hydrogen) atoms. The maximum Gasteiger partial charge on any atom is 0.275 e. The van der Waals surface area contributed by atoms with Gasteiger partial charge in [-0.1, -0.05) is 53.6 Å². The van der Waals surface area contributed by atoms with Gasteiger partial charge in [0.05, 0.1) is 18.3 Å². The number of benzene rings is 3. The van der Waals surface area contributed by atoms with Crippen LogP contribution < -0.4 is 10.2 Å². The SMILES string of the molecule is Cc1ccc(N2C(=O)C3=C(C(c4ccc(Cl)cc4)=NCCN3)C2c2ccc(O)cc2)cc1. The number of hydrogen-bond donors (Lipinski definition) is 2. The number of aryl methyl sites for hydroxylation is 1. The van der Waals surface area contributed by atoms with Gasteiger partial charge in [0, 0.05) is 28.4 Å². The molecule has 0 bridgehead atoms. The highest BCUT2D eigenvalue weighted by atomic mass is 35.5. The summed E-state index contributed by atoms with van der Waals surface area (Å²) in [7, 11) is 0. The number of halogens is 1. The molecule has 2 aliphatic heterocycles. The molecule has 0 aromatic heterocycles. The number of rotatable bonds is 3. The summed E-state index contributed by atoms with van der Waals surface area (Å²) in [5, 5.41) is 13.8. The van der Waals surface area contributed by atoms with Gasteiger partial charge in [-0.15, -0.1) is 0 Å². The van der Waals surface area contributed by atoms with Gasteiger partial charge in [0.25, 0.3) is 5.91 Å². The maximum absolute atomic E-state index is 13.7. The van der Waals surface area contributed by atoms with Crippen molar-refractivity contribution in [2.45, 2.75) is 13.0 Å². The van der Waals surface area contributed by atoms with Gasteiger partial charge in [0.2, 0.25) is 0 Å². The first-order valence-corrected chi connectivity index (χ1v) is 10.9. The van der Waals surface area contributed by atoms with E-state index in [1.54, 1.807) is 17.0 Å². The molecule has 5 nitrogen and oxygen atoms in total. The lowest BCUT2D eigenvalue weighted by Crippen LogP contribution is -2.33. The van der Waals surface area contributed by atoms with Gasteiger partial charge in [-0.25, -0.2) is 0 Å². The second-order valence-electron chi connectivity index (χ2n) is 7.96. The minimum absolute atomic E-state index is 0.0921. The first-order chi connectivity index (χ1) is 15.5. The van der Waals surface area contributed by atoms with E-state index in [1.165, 1.54) is 0 Å². The van der Waals surface area contributed by atoms with E-state index < -0.39 is 0 Å². The summed E-state index contributed by atoms with van der Waals surface area (Å²) in [5.41, 5.74) is 5.92. The van der Waals surface area contributed by atoms with Crippen LogP contribution in [0.25, 0.3) is 0 Å². The molecular formula is C26H22ClN3O2. The first kappa shape index (κ1) is 20.3. The Morgan fingerprint density at radius 1 is 1.00 bits per heavy atom. The zero-order valence-electron chi connectivity index (χ0n) is 17.5. The molecule has 0 spiro atoms. The van der Waals surface area contributed by atoms with Gasteiger partial charge in [0.15, 0.2) is 0 Å². The van der Waals surface area contributed by atoms with E-state index in [1.807, 2.05) is 67.6 Å². The normalized spacial score (nSPS) is 18.2. The van der Waals surface area contributed by atoms with Crippen LogP contribution in [0.15, 0.2) is 89.1 Å². The standard InChI is InChI=1S/C26H22ClN3O2/c1-16-2-10-20(11-3-16)30-25(18-6-12-21(31)13-7-18)22-23(17-4-8-19(27)9-5-17)28-14-15-29-24(22)26(30)32/h2-13,25,29,31H,14-15H2,1H3. The van der Waals surface area contributed by atoms with E-state index in [0.717, 1.165) is 33.7 Å². The molecule has 0 radical (unpaired) electrons. The third-order valence-electron chi connectivity index (χ3n) is 5.81. The summed E-state index contributed by atoms with van der Waals surface area (Å²) in [6, 6.07) is 22.1. The summed E-state index contributed by atoms with van der Waals surface area (Å²) >= 11 is 6.12. The molecule has 0 saturated heterocycles. The van der Waals surface area contributed by atoms with Crippen molar-refractivity contribution in [3.05, 3.63) is 106 Å². The van der Waals surface area contributed by atoms with Crippen LogP contribution in [-0.4, -0.2) is 29.8 Å². The number of aliphatic imine (C=N–C) groups is 1. The monoisotopic (exact) mass is 443 g/mol. The quantitative estimate of drug-likeness (QED) is 0.611. The molecule has 6 heteroatoms. The van der Waals surface area contributed by atoms with E-state index in [2.05, 4.69) is 5.32 Å². The van der Waals surface area contributed by atoms with Crippen molar-refractivity contribution in [3.63, 3.8) is 0 Å². The Kier molecular flexibility index (Phi) is 5.19. The Bertz CT molecular complexity index is 1230. The summed E-state index contributed by atoms with van der Waals surface area (Å²) in [6.45, 7) is 3.16. The fourth-order valence-electron chi connectivity index (χ4n) is 4.27. The molecule has 1 atom stereocenters. The number of carbonyl (C=O) groups excluding carboxylic acids is 1. The second kappa shape index (κ2) is 8.17. The molecule has 1 unspecified atom stereocenters. The van der Waals surface area contributed by atoms with Gasteiger partial charge < -0.3 is 10.4 Å². The van der Waals surface area contributed by atoms with Crippen molar-refractivity contribution < 1.29 is 9.90 Å². The van der Waals surface area contributed by atoms with Crippen molar-refractivity contribution in [1.29, 1.82) is 0 Å². The highest BCUT2D eigenvalue weighted by Gasteiger charge is 2.43. The van der Waals surface area contributed by atoms with Crippen LogP contribution >= 0.6 is 11.6 Å². The van der Waals surface area contributed by atoms with Crippen LogP contribution in [0.5, 0.6) is 5.75 Å². The van der Waals surface area contributed by atoms with Gasteiger partial charge in [-0.2, -0.15) is 0 Å². The minimum Gasteiger partial charge on any atom is -0.508 e. The van der Waals surface area contributed by atoms with Crippen LogP contribution in [0.4, 0.5) is 5.69 Å². The molecule has 5 rings (SSSR count). The van der Waals surface area contributed by atoms with Crippen LogP contribution in [-0.2, 0) is 4.79 Å². The van der Waals surface area contributed by atoms with Crippen LogP contribution in [0, 0.1) is 6.92 Å². The Morgan fingerprint density at radius 2 is 1.69 bits per heavy atom. The predicted molar refractivity (Wildman–Crippen MR) is 127 cm³/mol. The number of nitrogens with zero attached hydrogens (tertiary/aromatic N) is 2. The summed E-state index contributed by atoms with van der Waals surface area (Å²) < 4.78 is 0. The lowest BCUT2D eigenvalue weighted by molar-refractivity contribution is -0.115. The van der Waals surface area contributed by atoms with Gasteiger partial charge >= 0.3 is 0 Å². The van der Waals surface area contributed by atoms with Gasteiger partial charge in [-0.3, -0.25) is 14.7 Å². The number of hydrogen-bond acceptors (Lipinski definition) is 4. The summed E-state index contributed by atoms with van der Waals surface area (Å²) in [5.74, 6) is 0.0882. The highest BCUT2D eigenvalue weighted by Crippen LogP contribution is 2.43. The molecule has 1 amide bonds. The van der Waals surface area contributed by atoms with E-state index >= 15 is 0 Å². The third kappa shape index (κ3) is 3.55. The lowest BCUT2D eigenvalue weighted by atomic mass is 9.91. The maximum atomic E-state index is 13.7. The lowest BCUT2D eigenvalue weighted by Gasteiger charge is -2.28. The number of phenols is 1. The second-order valence-corrected chi connectivity index (χ2v) is 8.39. The van der Waals surface area contributed by atoms with E-state index in [4.69, 9.17) is 16.6 Å². The topological polar surface area (TPSA) is 64.9 Å². The summed E-state index contributed by atoms with van der Waals surface area (Å²) in [4.78, 5) is 20.4. The Hall–Kier alpha value is -3.57. The first-order valence-electron chi connectivity index (χ1n) is 10.5. The van der Waals surface area contributed by atoms with E-state index in [9.17, 15) is 9.90 Å². The Balaban J connectivity index is 1.71. The molecule has 0 fully saturated rings. The van der Waals surface area contributed by atoms with Crippen molar-refractivity contribution >= 4 is 28.9 Å². The molecule has 3 aromatic rings. The number of carbonyl (C=O) groups is 1. The highest BCUT2D eigenvalue weighted by molar-refractivity contribution is 6.31. The van der Waals surface area contributed by atoms with Gasteiger partial charge in [0.1, 0.15) is 11.4 Å². The number of aromatic hydroxyl groups is 1. The van der Waals surface area contributed by atoms with Crippen molar-refractivity contribution in [1.82, 2.24) is 5.32 Å². The molecule has 0 saturated carbocycles. The van der Waals surface area contributed by atoms with Crippen LogP contribution in [0.1, 0.15) is 22.7 Å². The van der Waals surface area contributed by atoms with E-state index in [0.29, 0.717) is 23.8 Å². The Morgan fingerprint density at radius 3 is 2.38 bits per heavy atom. The number of anilines is 1. The molecule has 2 aliphatic rings. The third-order valence-corrected chi connectivity index (χ3v) is 6.06. The summed E-state index contributed by atoms with van der Waals surface area (Å²) in [6.07, 6.45) is 0. The van der Waals surface area contributed by atoms with Crippen molar-refractivity contribution in [3.8, 4) is 5.75 Å². The molecule has 2 N–H and O–H groups in total. The average Bonchev–Trinajstić information content (AvgIpc) is 2.94. The number of amides is 1. The molecule has 0 aliphatic carbocycles. The van der Waals surface area contributed by atoms with Gasteiger partial charge in [-0.05, 0) is 48.9 Å². The predicted octanol–water partition coefficient (Wildman–Crippen LogP) is 4.79. The van der Waals surface area contributed by atoms with Crippen LogP contribution in [0.2, 0.25) is 5.02 Å². The Labute approximate surface area is 191 Å². The number of phenolic OH excluding ortho intramolecular Hbond substituents is 1. The zero-order chi connectivity index (χ0) is 22.2. The fraction of sp³-hybridized carbons (Fsp3) is 0.154. The molecule has 160 valence electrons. The fourth-order valence-corrected chi connectivity index (χ4v) is 4.40.